The standard InChI is InChI=1S/C22H22N6O/c1-26-7-9-27(10-8-26)21-6-5-17(12-24-21)19-15-28-20(13-25-22(28)14-23-19)16-3-2-4-18(29)11-16/h2-6,11-15,29H,7-10H2,1H3. The highest BCUT2D eigenvalue weighted by atomic mass is 16.3. The third-order valence-corrected chi connectivity index (χ3v) is 5.41. The Bertz CT molecular complexity index is 1150. The summed E-state index contributed by atoms with van der Waals surface area (Å²) in [7, 11) is 2.15. The minimum atomic E-state index is 0.232. The summed E-state index contributed by atoms with van der Waals surface area (Å²) >= 11 is 0. The Balaban J connectivity index is 1.47. The van der Waals surface area contributed by atoms with Crippen molar-refractivity contribution in [2.24, 2.45) is 0 Å². The summed E-state index contributed by atoms with van der Waals surface area (Å²) in [5, 5.41) is 9.81. The summed E-state index contributed by atoms with van der Waals surface area (Å²) in [4.78, 5) is 18.3. The van der Waals surface area contributed by atoms with E-state index in [1.54, 1.807) is 24.5 Å². The normalized spacial score (nSPS) is 15.1. The van der Waals surface area contributed by atoms with E-state index in [0.717, 1.165) is 60.2 Å². The van der Waals surface area contributed by atoms with Crippen LogP contribution in [0.1, 0.15) is 0 Å². The van der Waals surface area contributed by atoms with Gasteiger partial charge in [-0.2, -0.15) is 0 Å². The summed E-state index contributed by atoms with van der Waals surface area (Å²) in [6, 6.07) is 11.3. The Labute approximate surface area is 168 Å². The number of hydrogen-bond donors (Lipinski definition) is 1. The molecule has 7 nitrogen and oxygen atoms in total. The van der Waals surface area contributed by atoms with Gasteiger partial charge in [0.25, 0.3) is 0 Å². The van der Waals surface area contributed by atoms with Crippen molar-refractivity contribution in [3.63, 3.8) is 0 Å². The quantitative estimate of drug-likeness (QED) is 0.584. The molecular weight excluding hydrogens is 364 g/mol. The number of anilines is 1. The lowest BCUT2D eigenvalue weighted by Gasteiger charge is -2.33. The van der Waals surface area contributed by atoms with Crippen LogP contribution in [0.2, 0.25) is 0 Å². The lowest BCUT2D eigenvalue weighted by atomic mass is 10.1. The van der Waals surface area contributed by atoms with Crippen molar-refractivity contribution in [1.29, 1.82) is 0 Å². The predicted molar refractivity (Wildman–Crippen MR) is 113 cm³/mol. The number of aromatic hydroxyl groups is 1. The number of fused-ring (bicyclic) bond motifs is 1. The molecule has 0 saturated carbocycles. The smallest absolute Gasteiger partial charge is 0.155 e. The monoisotopic (exact) mass is 386 g/mol. The maximum Gasteiger partial charge on any atom is 0.155 e. The molecule has 1 aliphatic rings. The van der Waals surface area contributed by atoms with Crippen LogP contribution in [0, 0.1) is 0 Å². The molecule has 3 aromatic heterocycles. The highest BCUT2D eigenvalue weighted by Gasteiger charge is 2.15. The lowest BCUT2D eigenvalue weighted by molar-refractivity contribution is 0.312. The highest BCUT2D eigenvalue weighted by Crippen LogP contribution is 2.26. The average molecular weight is 386 g/mol. The van der Waals surface area contributed by atoms with Gasteiger partial charge in [0.15, 0.2) is 5.65 Å². The molecule has 0 amide bonds. The van der Waals surface area contributed by atoms with Crippen LogP contribution < -0.4 is 4.90 Å². The van der Waals surface area contributed by atoms with Gasteiger partial charge in [0.05, 0.1) is 23.8 Å². The maximum atomic E-state index is 9.81. The van der Waals surface area contributed by atoms with Gasteiger partial charge in [0.2, 0.25) is 0 Å². The molecule has 4 aromatic rings. The fourth-order valence-electron chi connectivity index (χ4n) is 3.68. The third-order valence-electron chi connectivity index (χ3n) is 5.41. The second-order valence-electron chi connectivity index (χ2n) is 7.39. The molecule has 29 heavy (non-hydrogen) atoms. The summed E-state index contributed by atoms with van der Waals surface area (Å²) in [5.41, 5.74) is 4.35. The van der Waals surface area contributed by atoms with Crippen molar-refractivity contribution < 1.29 is 5.11 Å². The van der Waals surface area contributed by atoms with Gasteiger partial charge in [-0.05, 0) is 31.3 Å². The van der Waals surface area contributed by atoms with Gasteiger partial charge in [-0.25, -0.2) is 9.97 Å². The number of nitrogens with zero attached hydrogens (tertiary/aromatic N) is 6. The Morgan fingerprint density at radius 2 is 1.72 bits per heavy atom. The zero-order chi connectivity index (χ0) is 19.8. The molecule has 0 aliphatic carbocycles. The topological polar surface area (TPSA) is 69.8 Å². The SMILES string of the molecule is CN1CCN(c2ccc(-c3cn4c(-c5cccc(O)c5)cnc4cn3)cn2)CC1. The molecule has 146 valence electrons. The molecule has 0 bridgehead atoms. The summed E-state index contributed by atoms with van der Waals surface area (Å²) in [6.07, 6.45) is 7.40. The second-order valence-corrected chi connectivity index (χ2v) is 7.39. The number of phenols is 1. The van der Waals surface area contributed by atoms with Crippen LogP contribution in [0.25, 0.3) is 28.2 Å². The molecule has 4 heterocycles. The summed E-state index contributed by atoms with van der Waals surface area (Å²) in [5.74, 6) is 1.24. The third kappa shape index (κ3) is 3.40. The zero-order valence-electron chi connectivity index (χ0n) is 16.2. The fraction of sp³-hybridized carbons (Fsp3) is 0.227. The Kier molecular flexibility index (Phi) is 4.37. The highest BCUT2D eigenvalue weighted by molar-refractivity contribution is 5.67. The Morgan fingerprint density at radius 3 is 2.48 bits per heavy atom. The number of hydrogen-bond acceptors (Lipinski definition) is 6. The van der Waals surface area contributed by atoms with Crippen LogP contribution in [-0.2, 0) is 0 Å². The van der Waals surface area contributed by atoms with Gasteiger partial charge >= 0.3 is 0 Å². The van der Waals surface area contributed by atoms with E-state index in [-0.39, 0.29) is 5.75 Å². The molecule has 1 N–H and O–H groups in total. The summed E-state index contributed by atoms with van der Waals surface area (Å²) < 4.78 is 1.99. The number of benzene rings is 1. The van der Waals surface area contributed by atoms with Crippen molar-refractivity contribution in [3.8, 4) is 28.3 Å². The van der Waals surface area contributed by atoms with E-state index in [4.69, 9.17) is 0 Å². The van der Waals surface area contributed by atoms with E-state index in [1.807, 2.05) is 28.9 Å². The van der Waals surface area contributed by atoms with Crippen LogP contribution in [-0.4, -0.2) is 62.6 Å². The van der Waals surface area contributed by atoms with Gasteiger partial charge in [0, 0.05) is 49.7 Å². The fourth-order valence-corrected chi connectivity index (χ4v) is 3.68. The average Bonchev–Trinajstić information content (AvgIpc) is 3.18. The number of phenolic OH excluding ortho intramolecular Hbond substituents is 1. The van der Waals surface area contributed by atoms with E-state index in [1.165, 1.54) is 0 Å². The minimum Gasteiger partial charge on any atom is -0.508 e. The molecule has 0 atom stereocenters. The molecule has 5 rings (SSSR count). The predicted octanol–water partition coefficient (Wildman–Crippen LogP) is 2.92. The minimum absolute atomic E-state index is 0.232. The zero-order valence-corrected chi connectivity index (χ0v) is 16.2. The number of imidazole rings is 1. The molecule has 0 unspecified atom stereocenters. The van der Waals surface area contributed by atoms with Crippen LogP contribution >= 0.6 is 0 Å². The van der Waals surface area contributed by atoms with Crippen molar-refractivity contribution in [2.45, 2.75) is 0 Å². The van der Waals surface area contributed by atoms with E-state index in [9.17, 15) is 5.11 Å². The number of aromatic nitrogens is 4. The molecule has 1 saturated heterocycles. The van der Waals surface area contributed by atoms with Crippen molar-refractivity contribution in [3.05, 3.63) is 61.2 Å². The maximum absolute atomic E-state index is 9.81. The van der Waals surface area contributed by atoms with Crippen LogP contribution in [0.3, 0.4) is 0 Å². The number of likely N-dealkylation sites (N-methyl/N-ethyl adjacent to an activating group) is 1. The molecule has 0 spiro atoms. The first-order chi connectivity index (χ1) is 14.2. The largest absolute Gasteiger partial charge is 0.508 e. The molecular formula is C22H22N6O. The van der Waals surface area contributed by atoms with Crippen LogP contribution in [0.4, 0.5) is 5.82 Å². The molecule has 0 radical (unpaired) electrons. The summed E-state index contributed by atoms with van der Waals surface area (Å²) in [6.45, 7) is 4.10. The first-order valence-electron chi connectivity index (χ1n) is 9.70. The number of piperazine rings is 1. The first kappa shape index (κ1) is 17.6. The molecule has 7 heteroatoms. The van der Waals surface area contributed by atoms with Crippen molar-refractivity contribution in [1.82, 2.24) is 24.3 Å². The van der Waals surface area contributed by atoms with E-state index in [2.05, 4.69) is 43.9 Å². The van der Waals surface area contributed by atoms with Gasteiger partial charge < -0.3 is 14.9 Å². The van der Waals surface area contributed by atoms with E-state index < -0.39 is 0 Å². The van der Waals surface area contributed by atoms with Crippen molar-refractivity contribution >= 4 is 11.5 Å². The van der Waals surface area contributed by atoms with E-state index >= 15 is 0 Å². The van der Waals surface area contributed by atoms with Gasteiger partial charge in [0.1, 0.15) is 11.6 Å². The molecule has 1 aliphatic heterocycles. The number of rotatable bonds is 3. The lowest BCUT2D eigenvalue weighted by Crippen LogP contribution is -2.44. The van der Waals surface area contributed by atoms with Gasteiger partial charge in [-0.1, -0.05) is 12.1 Å². The molecule has 1 fully saturated rings. The molecule has 1 aromatic carbocycles. The Hall–Kier alpha value is -3.45. The Morgan fingerprint density at radius 1 is 0.862 bits per heavy atom. The number of pyridine rings is 1. The van der Waals surface area contributed by atoms with Gasteiger partial charge in [-0.3, -0.25) is 9.38 Å². The van der Waals surface area contributed by atoms with Crippen LogP contribution in [0.5, 0.6) is 5.75 Å². The second kappa shape index (κ2) is 7.18. The first-order valence-corrected chi connectivity index (χ1v) is 9.70. The van der Waals surface area contributed by atoms with Crippen molar-refractivity contribution in [2.75, 3.05) is 38.1 Å². The van der Waals surface area contributed by atoms with Gasteiger partial charge in [-0.15, -0.1) is 0 Å². The van der Waals surface area contributed by atoms with E-state index in [0.29, 0.717) is 0 Å². The van der Waals surface area contributed by atoms with Crippen LogP contribution in [0.15, 0.2) is 61.2 Å².